The van der Waals surface area contributed by atoms with Crippen molar-refractivity contribution in [3.63, 3.8) is 0 Å². The van der Waals surface area contributed by atoms with Crippen molar-refractivity contribution in [3.05, 3.63) is 127 Å². The number of hydrogen-bond acceptors (Lipinski definition) is 11. The van der Waals surface area contributed by atoms with E-state index in [1.165, 1.54) is 30.3 Å². The Morgan fingerprint density at radius 2 is 0.906 bits per heavy atom. The van der Waals surface area contributed by atoms with E-state index in [0.717, 1.165) is 5.69 Å². The number of anilines is 6. The lowest BCUT2D eigenvalue weighted by Crippen LogP contribution is -2.02. The molecule has 0 spiro atoms. The minimum atomic E-state index is -4.36. The first-order chi connectivity index (χ1) is 24.9. The van der Waals surface area contributed by atoms with Crippen LogP contribution in [0.3, 0.4) is 0 Å². The van der Waals surface area contributed by atoms with Crippen LogP contribution in [0.5, 0.6) is 0 Å². The van der Waals surface area contributed by atoms with E-state index in [4.69, 9.17) is 32.0 Å². The van der Waals surface area contributed by atoms with Gasteiger partial charge in [-0.2, -0.15) is 25.3 Å². The zero-order valence-corrected chi connectivity index (χ0v) is 29.9. The summed E-state index contributed by atoms with van der Waals surface area (Å²) in [5.41, 5.74) is 26.2. The molecule has 0 aromatic heterocycles. The third kappa shape index (κ3) is 8.75. The van der Waals surface area contributed by atoms with Gasteiger partial charge in [0.2, 0.25) is 0 Å². The van der Waals surface area contributed by atoms with Gasteiger partial charge in [-0.15, -0.1) is 0 Å². The Balaban J connectivity index is 0.000000157. The fraction of sp³-hybridized carbons (Fsp3) is 0. The molecule has 274 valence electrons. The summed E-state index contributed by atoms with van der Waals surface area (Å²) in [7, 11) is -12.8. The summed E-state index contributed by atoms with van der Waals surface area (Å²) in [6.45, 7) is 0. The largest absolute Gasteiger partial charge is 0.398 e. The molecule has 7 aromatic carbocycles. The lowest BCUT2D eigenvalue weighted by Gasteiger charge is -2.13. The molecule has 0 amide bonds. The average molecular weight is 776 g/mol. The highest BCUT2D eigenvalue weighted by Crippen LogP contribution is 2.35. The predicted molar refractivity (Wildman–Crippen MR) is 209 cm³/mol. The highest BCUT2D eigenvalue weighted by atomic mass is 32.2. The van der Waals surface area contributed by atoms with Gasteiger partial charge in [0.25, 0.3) is 30.4 Å². The summed E-state index contributed by atoms with van der Waals surface area (Å²) in [5.74, 6) is 0. The van der Waals surface area contributed by atoms with Crippen molar-refractivity contribution in [2.45, 2.75) is 14.7 Å². The molecule has 0 saturated carbocycles. The lowest BCUT2D eigenvalue weighted by atomic mass is 10.1. The lowest BCUT2D eigenvalue weighted by molar-refractivity contribution is 0.481. The van der Waals surface area contributed by atoms with Crippen LogP contribution >= 0.6 is 0 Å². The predicted octanol–water partition coefficient (Wildman–Crippen LogP) is 6.33. The van der Waals surface area contributed by atoms with Gasteiger partial charge in [-0.1, -0.05) is 60.7 Å². The smallest absolute Gasteiger partial charge is 0.295 e. The molecule has 7 rings (SSSR count). The molecule has 0 bridgehead atoms. The van der Waals surface area contributed by atoms with Gasteiger partial charge in [0, 0.05) is 66.4 Å². The van der Waals surface area contributed by atoms with Gasteiger partial charge in [0.1, 0.15) is 9.79 Å². The summed E-state index contributed by atoms with van der Waals surface area (Å²) < 4.78 is 94.7. The standard InChI is InChI=1S/C16H14N2O3S.C10H10N2O3S.C10H9NO3S/c17-13-9-10-14(18-11-5-2-1-3-6-11)16-12(13)7-4-8-15(16)22(19,20)21;11-9-3-4-10(12)8-5-6(16(13,14)15)1-2-7(8)9;11-9-5-1-4-8-7(9)3-2-6-10(8)15(12,13)14/h1-10,18H,17H2,(H,19,20,21);1-5H,11-12H2,(H,13,14,15);1-6H,11H2,(H,12,13,14). The van der Waals surface area contributed by atoms with Crippen molar-refractivity contribution < 1.29 is 38.9 Å². The van der Waals surface area contributed by atoms with E-state index >= 15 is 0 Å². The van der Waals surface area contributed by atoms with Crippen molar-refractivity contribution in [1.82, 2.24) is 0 Å². The molecule has 0 radical (unpaired) electrons. The molecule has 0 aliphatic rings. The molecule has 0 saturated heterocycles. The SMILES string of the molecule is Nc1ccc(N)c2cc(S(=O)(=O)O)ccc12.Nc1ccc(Nc2ccccc2)c2c(S(=O)(=O)O)cccc12.Nc1cccc2c(S(=O)(=O)O)cccc12. The van der Waals surface area contributed by atoms with Crippen molar-refractivity contribution in [1.29, 1.82) is 0 Å². The number of nitrogens with one attached hydrogen (secondary N) is 1. The van der Waals surface area contributed by atoms with Crippen molar-refractivity contribution >= 4 is 96.8 Å². The van der Waals surface area contributed by atoms with Gasteiger partial charge in [-0.3, -0.25) is 13.7 Å². The maximum atomic E-state index is 11.6. The van der Waals surface area contributed by atoms with Crippen molar-refractivity contribution in [2.75, 3.05) is 28.3 Å². The number of fused-ring (bicyclic) bond motifs is 3. The minimum Gasteiger partial charge on any atom is -0.398 e. The summed E-state index contributed by atoms with van der Waals surface area (Å²) in [4.78, 5) is -0.486. The molecule has 14 nitrogen and oxygen atoms in total. The topological polar surface area (TPSA) is 279 Å². The average Bonchev–Trinajstić information content (AvgIpc) is 3.11. The molecule has 0 atom stereocenters. The zero-order chi connectivity index (χ0) is 38.7. The second kappa shape index (κ2) is 15.0. The van der Waals surface area contributed by atoms with E-state index in [1.54, 1.807) is 66.7 Å². The Bertz CT molecular complexity index is 2840. The number of rotatable bonds is 5. The van der Waals surface area contributed by atoms with Gasteiger partial charge in [-0.05, 0) is 66.7 Å². The van der Waals surface area contributed by atoms with E-state index < -0.39 is 30.4 Å². The second-order valence-corrected chi connectivity index (χ2v) is 15.6. The maximum absolute atomic E-state index is 11.6. The Hall–Kier alpha value is -5.95. The first kappa shape index (κ1) is 38.3. The van der Waals surface area contributed by atoms with Crippen LogP contribution < -0.4 is 28.3 Å². The molecule has 7 aromatic rings. The Morgan fingerprint density at radius 1 is 0.415 bits per heavy atom. The van der Waals surface area contributed by atoms with Gasteiger partial charge < -0.3 is 28.3 Å². The number of benzene rings is 7. The molecule has 0 aliphatic carbocycles. The molecule has 0 fully saturated rings. The van der Waals surface area contributed by atoms with E-state index in [-0.39, 0.29) is 14.7 Å². The van der Waals surface area contributed by atoms with Crippen LogP contribution in [0.25, 0.3) is 32.3 Å². The van der Waals surface area contributed by atoms with Crippen molar-refractivity contribution in [3.8, 4) is 0 Å². The van der Waals surface area contributed by atoms with Gasteiger partial charge >= 0.3 is 0 Å². The second-order valence-electron chi connectivity index (χ2n) is 11.4. The number of nitrogen functional groups attached to an aromatic ring is 4. The summed E-state index contributed by atoms with van der Waals surface area (Å²) in [5, 5.41) is 6.31. The molecule has 0 unspecified atom stereocenters. The number of nitrogens with two attached hydrogens (primary N) is 4. The number of para-hydroxylation sites is 1. The molecular formula is C36H33N5O9S3. The van der Waals surface area contributed by atoms with E-state index in [2.05, 4.69) is 5.32 Å². The first-order valence-corrected chi connectivity index (χ1v) is 19.6. The Kier molecular flexibility index (Phi) is 10.8. The van der Waals surface area contributed by atoms with E-state index in [0.29, 0.717) is 60.8 Å². The summed E-state index contributed by atoms with van der Waals surface area (Å²) >= 11 is 0. The minimum absolute atomic E-state index is 0.118. The Labute approximate surface area is 304 Å². The van der Waals surface area contributed by atoms with Crippen molar-refractivity contribution in [2.24, 2.45) is 0 Å². The van der Waals surface area contributed by atoms with Gasteiger partial charge in [-0.25, -0.2) is 0 Å². The normalized spacial score (nSPS) is 11.7. The van der Waals surface area contributed by atoms with Gasteiger partial charge in [0.05, 0.1) is 4.90 Å². The van der Waals surface area contributed by atoms with Crippen LogP contribution in [-0.2, 0) is 30.4 Å². The fourth-order valence-electron chi connectivity index (χ4n) is 5.46. The molecular weight excluding hydrogens is 743 g/mol. The number of hydrogen-bond donors (Lipinski definition) is 8. The van der Waals surface area contributed by atoms with Crippen LogP contribution in [0.2, 0.25) is 0 Å². The van der Waals surface area contributed by atoms with Crippen LogP contribution in [0, 0.1) is 0 Å². The third-order valence-corrected chi connectivity index (χ3v) is 10.6. The molecule has 0 aliphatic heterocycles. The first-order valence-electron chi connectivity index (χ1n) is 15.3. The third-order valence-electron chi connectivity index (χ3n) is 7.91. The van der Waals surface area contributed by atoms with Gasteiger partial charge in [0.15, 0.2) is 0 Å². The fourth-order valence-corrected chi connectivity index (χ4v) is 7.40. The summed E-state index contributed by atoms with van der Waals surface area (Å²) in [6, 6.07) is 34.2. The Morgan fingerprint density at radius 3 is 1.53 bits per heavy atom. The highest BCUT2D eigenvalue weighted by molar-refractivity contribution is 7.86. The van der Waals surface area contributed by atoms with Crippen LogP contribution in [0.4, 0.5) is 34.1 Å². The van der Waals surface area contributed by atoms with Crippen LogP contribution in [-0.4, -0.2) is 38.9 Å². The molecule has 53 heavy (non-hydrogen) atoms. The van der Waals surface area contributed by atoms with E-state index in [9.17, 15) is 29.8 Å². The zero-order valence-electron chi connectivity index (χ0n) is 27.4. The highest BCUT2D eigenvalue weighted by Gasteiger charge is 2.18. The molecule has 12 N–H and O–H groups in total. The van der Waals surface area contributed by atoms with Crippen LogP contribution in [0.15, 0.2) is 142 Å². The monoisotopic (exact) mass is 775 g/mol. The van der Waals surface area contributed by atoms with E-state index in [1.807, 2.05) is 30.3 Å². The maximum Gasteiger partial charge on any atom is 0.295 e. The summed E-state index contributed by atoms with van der Waals surface area (Å²) in [6.07, 6.45) is 0. The molecule has 0 heterocycles. The van der Waals surface area contributed by atoms with Crippen LogP contribution in [0.1, 0.15) is 0 Å². The quantitative estimate of drug-likeness (QED) is 0.0701. The molecule has 17 heteroatoms.